The van der Waals surface area contributed by atoms with E-state index in [2.05, 4.69) is 0 Å². The van der Waals surface area contributed by atoms with Crippen molar-refractivity contribution in [3.05, 3.63) is 0 Å². The van der Waals surface area contributed by atoms with Crippen LogP contribution in [-0.4, -0.2) is 8.74 Å². The zero-order valence-electron chi connectivity index (χ0n) is 7.93. The highest BCUT2D eigenvalue weighted by molar-refractivity contribution is 6.69. The third-order valence-corrected chi connectivity index (χ3v) is 4.94. The summed E-state index contributed by atoms with van der Waals surface area (Å²) in [5, 5.41) is 15.6. The number of rotatable bonds is 3. The lowest BCUT2D eigenvalue weighted by Gasteiger charge is -2.30. The third kappa shape index (κ3) is 1.86. The molecule has 2 unspecified atom stereocenters. The molecule has 0 N–H and O–H groups in total. The molecule has 0 aliphatic carbocycles. The lowest BCUT2D eigenvalue weighted by Crippen LogP contribution is -2.40. The first-order chi connectivity index (χ1) is 5.85. The van der Waals surface area contributed by atoms with Gasteiger partial charge in [0.05, 0.1) is 18.1 Å². The molecule has 0 fully saturated rings. The predicted molar refractivity (Wildman–Crippen MR) is 47.2 cm³/mol. The van der Waals surface area contributed by atoms with Crippen LogP contribution < -0.4 is 0 Å². The van der Waals surface area contributed by atoms with Crippen molar-refractivity contribution >= 4 is 8.74 Å². The van der Waals surface area contributed by atoms with E-state index in [1.807, 2.05) is 0 Å². The Morgan fingerprint density at radius 2 is 1.92 bits per heavy atom. The Bertz CT molecular complexity index is 261. The minimum absolute atomic E-state index is 0.0357. The van der Waals surface area contributed by atoms with Crippen LogP contribution in [0, 0.1) is 28.6 Å². The molecule has 2 atom stereocenters. The second kappa shape index (κ2) is 3.84. The molecule has 0 aromatic heterocycles. The summed E-state index contributed by atoms with van der Waals surface area (Å²) < 4.78 is 26.5. The van der Waals surface area contributed by atoms with Gasteiger partial charge in [-0.1, -0.05) is 6.92 Å². The van der Waals surface area contributed by atoms with Gasteiger partial charge >= 0.3 is 8.74 Å². The first-order valence-electron chi connectivity index (χ1n) is 4.04. The number of hydrogen-bond donors (Lipinski definition) is 0. The van der Waals surface area contributed by atoms with E-state index in [1.165, 1.54) is 13.8 Å². The maximum Gasteiger partial charge on any atom is 0.442 e. The van der Waals surface area contributed by atoms with Gasteiger partial charge in [0.15, 0.2) is 0 Å². The molecular formula is C8H12F2N2Si. The number of nitrogens with zero attached hydrogens (tertiary/aromatic N) is 2. The number of nitriles is 2. The Kier molecular flexibility index (Phi) is 3.56. The summed E-state index contributed by atoms with van der Waals surface area (Å²) in [7, 11) is -4.60. The molecule has 0 aromatic carbocycles. The SMILES string of the molecule is CCC(C#N)(C(C)C#N)[Si](C)(F)F. The standard InChI is InChI=1S/C8H12F2N2Si/c1-4-8(6-12,7(2)5-11)13(3,9)10/h7H,4H2,1-3H3. The van der Waals surface area contributed by atoms with Gasteiger partial charge in [-0.25, -0.2) is 0 Å². The number of hydrogen-bond acceptors (Lipinski definition) is 2. The first kappa shape index (κ1) is 12.1. The van der Waals surface area contributed by atoms with E-state index in [9.17, 15) is 8.22 Å². The molecule has 0 aromatic rings. The van der Waals surface area contributed by atoms with Crippen molar-refractivity contribution in [2.75, 3.05) is 0 Å². The Morgan fingerprint density at radius 3 is 2.00 bits per heavy atom. The van der Waals surface area contributed by atoms with Gasteiger partial charge in [-0.05, 0) is 19.9 Å². The van der Waals surface area contributed by atoms with E-state index < -0.39 is 19.7 Å². The van der Waals surface area contributed by atoms with Gasteiger partial charge in [-0.2, -0.15) is 10.5 Å². The van der Waals surface area contributed by atoms with Gasteiger partial charge in [0.25, 0.3) is 0 Å². The summed E-state index contributed by atoms with van der Waals surface area (Å²) in [6, 6.07) is 3.39. The fourth-order valence-electron chi connectivity index (χ4n) is 1.38. The highest BCUT2D eigenvalue weighted by atomic mass is 28.4. The van der Waals surface area contributed by atoms with Crippen molar-refractivity contribution in [1.82, 2.24) is 0 Å². The van der Waals surface area contributed by atoms with Crippen LogP contribution in [0.15, 0.2) is 0 Å². The molecule has 0 amide bonds. The quantitative estimate of drug-likeness (QED) is 0.522. The summed E-state index contributed by atoms with van der Waals surface area (Å²) in [6.07, 6.45) is 0.0357. The van der Waals surface area contributed by atoms with E-state index in [4.69, 9.17) is 10.5 Å². The van der Waals surface area contributed by atoms with Crippen molar-refractivity contribution < 1.29 is 8.22 Å². The molecular weight excluding hydrogens is 190 g/mol. The summed E-state index contributed by atoms with van der Waals surface area (Å²) in [4.78, 5) is 0. The third-order valence-electron chi connectivity index (χ3n) is 2.47. The van der Waals surface area contributed by atoms with Crippen LogP contribution in [0.1, 0.15) is 20.3 Å². The zero-order valence-corrected chi connectivity index (χ0v) is 8.93. The maximum atomic E-state index is 13.2. The second-order valence-electron chi connectivity index (χ2n) is 3.18. The van der Waals surface area contributed by atoms with Gasteiger partial charge < -0.3 is 0 Å². The van der Waals surface area contributed by atoms with Crippen molar-refractivity contribution in [1.29, 1.82) is 10.5 Å². The average molecular weight is 202 g/mol. The van der Waals surface area contributed by atoms with Crippen molar-refractivity contribution in [2.45, 2.75) is 31.9 Å². The Balaban J connectivity index is 5.22. The fraction of sp³-hybridized carbons (Fsp3) is 0.750. The van der Waals surface area contributed by atoms with Gasteiger partial charge in [0, 0.05) is 0 Å². The molecule has 0 saturated carbocycles. The van der Waals surface area contributed by atoms with E-state index in [0.717, 1.165) is 6.55 Å². The van der Waals surface area contributed by atoms with Crippen LogP contribution in [0.5, 0.6) is 0 Å². The van der Waals surface area contributed by atoms with Gasteiger partial charge in [-0.3, -0.25) is 8.22 Å². The summed E-state index contributed by atoms with van der Waals surface area (Å²) in [5.74, 6) is -0.908. The van der Waals surface area contributed by atoms with Crippen LogP contribution in [0.4, 0.5) is 8.22 Å². The molecule has 0 heterocycles. The van der Waals surface area contributed by atoms with Crippen LogP contribution in [0.2, 0.25) is 11.6 Å². The molecule has 13 heavy (non-hydrogen) atoms. The molecule has 5 heteroatoms. The largest absolute Gasteiger partial charge is 0.442 e. The van der Waals surface area contributed by atoms with Gasteiger partial charge in [-0.15, -0.1) is 0 Å². The highest BCUT2D eigenvalue weighted by Gasteiger charge is 2.57. The summed E-state index contributed by atoms with van der Waals surface area (Å²) >= 11 is 0. The molecule has 72 valence electrons. The smallest absolute Gasteiger partial charge is 0.269 e. The van der Waals surface area contributed by atoms with Crippen molar-refractivity contribution in [3.63, 3.8) is 0 Å². The maximum absolute atomic E-state index is 13.2. The van der Waals surface area contributed by atoms with E-state index in [1.54, 1.807) is 12.1 Å². The molecule has 0 bridgehead atoms. The zero-order chi connectivity index (χ0) is 10.7. The van der Waals surface area contributed by atoms with Crippen LogP contribution in [-0.2, 0) is 0 Å². The van der Waals surface area contributed by atoms with E-state index in [-0.39, 0.29) is 6.42 Å². The molecule has 2 nitrogen and oxygen atoms in total. The first-order valence-corrected chi connectivity index (χ1v) is 6.30. The van der Waals surface area contributed by atoms with Crippen molar-refractivity contribution in [3.8, 4) is 12.1 Å². The lowest BCUT2D eigenvalue weighted by atomic mass is 9.93. The number of halogens is 2. The normalized spacial score (nSPS) is 18.1. The molecule has 0 rings (SSSR count). The van der Waals surface area contributed by atoms with Crippen LogP contribution in [0.25, 0.3) is 0 Å². The summed E-state index contributed by atoms with van der Waals surface area (Å²) in [6.45, 7) is 3.74. The minimum atomic E-state index is -4.60. The van der Waals surface area contributed by atoms with E-state index >= 15 is 0 Å². The second-order valence-corrected chi connectivity index (χ2v) is 5.84. The Hall–Kier alpha value is -0.943. The summed E-state index contributed by atoms with van der Waals surface area (Å²) in [5.41, 5.74) is 0. The molecule has 0 aliphatic rings. The van der Waals surface area contributed by atoms with Crippen LogP contribution in [0.3, 0.4) is 0 Å². The molecule has 0 spiro atoms. The van der Waals surface area contributed by atoms with Crippen LogP contribution >= 0.6 is 0 Å². The highest BCUT2D eigenvalue weighted by Crippen LogP contribution is 2.48. The topological polar surface area (TPSA) is 47.6 Å². The van der Waals surface area contributed by atoms with Crippen molar-refractivity contribution in [2.24, 2.45) is 5.92 Å². The average Bonchev–Trinajstić information content (AvgIpc) is 2.04. The molecule has 0 saturated heterocycles. The minimum Gasteiger partial charge on any atom is -0.269 e. The van der Waals surface area contributed by atoms with Gasteiger partial charge in [0.2, 0.25) is 0 Å². The lowest BCUT2D eigenvalue weighted by molar-refractivity contribution is 0.426. The fourth-order valence-corrected chi connectivity index (χ4v) is 3.02. The Labute approximate surface area is 78.1 Å². The Morgan fingerprint density at radius 1 is 1.46 bits per heavy atom. The monoisotopic (exact) mass is 202 g/mol. The molecule has 0 aliphatic heterocycles. The predicted octanol–water partition coefficient (Wildman–Crippen LogP) is 2.83. The molecule has 0 radical (unpaired) electrons. The van der Waals surface area contributed by atoms with Gasteiger partial charge in [0.1, 0.15) is 5.04 Å². The van der Waals surface area contributed by atoms with E-state index in [0.29, 0.717) is 0 Å².